The van der Waals surface area contributed by atoms with Crippen molar-refractivity contribution in [3.05, 3.63) is 42.7 Å². The highest BCUT2D eigenvalue weighted by molar-refractivity contribution is 14.0. The van der Waals surface area contributed by atoms with Crippen LogP contribution in [0.4, 0.5) is 0 Å². The summed E-state index contributed by atoms with van der Waals surface area (Å²) in [4.78, 5) is 8.26. The summed E-state index contributed by atoms with van der Waals surface area (Å²) in [6.45, 7) is 4.99. The van der Waals surface area contributed by atoms with Crippen molar-refractivity contribution in [2.75, 3.05) is 13.6 Å². The number of rotatable bonds is 4. The van der Waals surface area contributed by atoms with Crippen LogP contribution in [-0.2, 0) is 6.54 Å². The molecule has 0 unspecified atom stereocenters. The van der Waals surface area contributed by atoms with Gasteiger partial charge in [0.1, 0.15) is 0 Å². The number of nitrogens with one attached hydrogen (secondary N) is 2. The van der Waals surface area contributed by atoms with E-state index in [1.165, 1.54) is 0 Å². The van der Waals surface area contributed by atoms with Crippen molar-refractivity contribution >= 4 is 29.9 Å². The van der Waals surface area contributed by atoms with Gasteiger partial charge in [-0.3, -0.25) is 9.98 Å². The van der Waals surface area contributed by atoms with E-state index in [9.17, 15) is 0 Å². The van der Waals surface area contributed by atoms with Gasteiger partial charge in [-0.15, -0.1) is 30.6 Å². The van der Waals surface area contributed by atoms with E-state index in [-0.39, 0.29) is 24.0 Å². The van der Waals surface area contributed by atoms with Gasteiger partial charge in [0.05, 0.1) is 12.2 Å². The Kier molecular flexibility index (Phi) is 8.51. The van der Waals surface area contributed by atoms with Crippen molar-refractivity contribution in [1.29, 1.82) is 0 Å². The minimum Gasteiger partial charge on any atom is -0.353 e. The molecule has 0 saturated heterocycles. The number of aliphatic imine (C=N–C) groups is 1. The van der Waals surface area contributed by atoms with Crippen molar-refractivity contribution in [1.82, 2.24) is 15.6 Å². The summed E-state index contributed by atoms with van der Waals surface area (Å²) in [5.41, 5.74) is 0.985. The molecule has 2 N–H and O–H groups in total. The van der Waals surface area contributed by atoms with Crippen LogP contribution in [0.2, 0.25) is 0 Å². The fourth-order valence-corrected chi connectivity index (χ4v) is 1.07. The summed E-state index contributed by atoms with van der Waals surface area (Å²) in [7, 11) is 1.73. The van der Waals surface area contributed by atoms with Gasteiger partial charge in [0.2, 0.25) is 0 Å². The molecule has 0 aliphatic rings. The summed E-state index contributed by atoms with van der Waals surface area (Å²) in [6.07, 6.45) is 3.56. The Labute approximate surface area is 113 Å². The molecular weight excluding hydrogens is 315 g/mol. The van der Waals surface area contributed by atoms with Crippen LogP contribution >= 0.6 is 24.0 Å². The molecule has 4 nitrogen and oxygen atoms in total. The molecule has 0 spiro atoms. The normalized spacial score (nSPS) is 10.2. The zero-order chi connectivity index (χ0) is 10.9. The van der Waals surface area contributed by atoms with E-state index in [1.54, 1.807) is 19.3 Å². The molecule has 5 heteroatoms. The smallest absolute Gasteiger partial charge is 0.191 e. The maximum absolute atomic E-state index is 4.20. The van der Waals surface area contributed by atoms with Crippen molar-refractivity contribution < 1.29 is 0 Å². The molecule has 0 aromatic carbocycles. The van der Waals surface area contributed by atoms with Gasteiger partial charge in [0.15, 0.2) is 5.96 Å². The molecule has 0 saturated carbocycles. The number of halogens is 1. The standard InChI is InChI=1S/C11H16N4.HI/c1-3-7-14-11(12-2)15-9-10-6-4-5-8-13-10;/h3-6,8H,1,7,9H2,2H3,(H2,12,14,15);1H. The van der Waals surface area contributed by atoms with Crippen LogP contribution in [0.1, 0.15) is 5.69 Å². The van der Waals surface area contributed by atoms with Gasteiger partial charge in [-0.05, 0) is 12.1 Å². The largest absolute Gasteiger partial charge is 0.353 e. The monoisotopic (exact) mass is 332 g/mol. The van der Waals surface area contributed by atoms with E-state index >= 15 is 0 Å². The Bertz CT molecular complexity index is 324. The lowest BCUT2D eigenvalue weighted by molar-refractivity contribution is 0.823. The number of hydrogen-bond donors (Lipinski definition) is 2. The van der Waals surface area contributed by atoms with Gasteiger partial charge >= 0.3 is 0 Å². The van der Waals surface area contributed by atoms with Crippen LogP contribution in [0.3, 0.4) is 0 Å². The van der Waals surface area contributed by atoms with Crippen molar-refractivity contribution in [2.45, 2.75) is 6.54 Å². The third-order valence-electron chi connectivity index (χ3n) is 1.80. The number of hydrogen-bond acceptors (Lipinski definition) is 2. The first-order chi connectivity index (χ1) is 7.36. The van der Waals surface area contributed by atoms with E-state index in [4.69, 9.17) is 0 Å². The average molecular weight is 332 g/mol. The van der Waals surface area contributed by atoms with Gasteiger partial charge in [0, 0.05) is 19.8 Å². The molecule has 0 amide bonds. The third kappa shape index (κ3) is 5.69. The predicted octanol–water partition coefficient (Wildman–Crippen LogP) is 1.55. The number of aromatic nitrogens is 1. The molecule has 16 heavy (non-hydrogen) atoms. The lowest BCUT2D eigenvalue weighted by Gasteiger charge is -2.09. The van der Waals surface area contributed by atoms with Gasteiger partial charge in [-0.1, -0.05) is 12.1 Å². The van der Waals surface area contributed by atoms with Crippen LogP contribution in [0.25, 0.3) is 0 Å². The number of nitrogens with zero attached hydrogens (tertiary/aromatic N) is 2. The molecule has 0 fully saturated rings. The van der Waals surface area contributed by atoms with Gasteiger partial charge in [-0.2, -0.15) is 0 Å². The van der Waals surface area contributed by atoms with Crippen molar-refractivity contribution in [3.63, 3.8) is 0 Å². The van der Waals surface area contributed by atoms with E-state index in [0.29, 0.717) is 13.1 Å². The van der Waals surface area contributed by atoms with Crippen molar-refractivity contribution in [3.8, 4) is 0 Å². The third-order valence-corrected chi connectivity index (χ3v) is 1.80. The Morgan fingerprint density at radius 2 is 2.31 bits per heavy atom. The lowest BCUT2D eigenvalue weighted by atomic mass is 10.3. The van der Waals surface area contributed by atoms with Crippen LogP contribution in [-0.4, -0.2) is 24.5 Å². The average Bonchev–Trinajstić information content (AvgIpc) is 2.31. The minimum absolute atomic E-state index is 0. The fourth-order valence-electron chi connectivity index (χ4n) is 1.07. The number of guanidine groups is 1. The quantitative estimate of drug-likeness (QED) is 0.381. The topological polar surface area (TPSA) is 49.3 Å². The molecule has 0 radical (unpaired) electrons. The summed E-state index contributed by atoms with van der Waals surface area (Å²) in [6, 6.07) is 5.83. The Balaban J connectivity index is 0.00000225. The lowest BCUT2D eigenvalue weighted by Crippen LogP contribution is -2.36. The maximum atomic E-state index is 4.20. The van der Waals surface area contributed by atoms with Gasteiger partial charge in [-0.25, -0.2) is 0 Å². The molecule has 1 aromatic heterocycles. The predicted molar refractivity (Wildman–Crippen MR) is 78.1 cm³/mol. The first-order valence-electron chi connectivity index (χ1n) is 4.82. The molecule has 0 aliphatic carbocycles. The van der Waals surface area contributed by atoms with Crippen LogP contribution < -0.4 is 10.6 Å². The maximum Gasteiger partial charge on any atom is 0.191 e. The summed E-state index contributed by atoms with van der Waals surface area (Å²) in [5.74, 6) is 0.751. The Hall–Kier alpha value is -1.11. The molecular formula is C11H17IN4. The second-order valence-electron chi connectivity index (χ2n) is 2.92. The fraction of sp³-hybridized carbons (Fsp3) is 0.273. The van der Waals surface area contributed by atoms with Crippen LogP contribution in [0.15, 0.2) is 42.0 Å². The first-order valence-corrected chi connectivity index (χ1v) is 4.82. The highest BCUT2D eigenvalue weighted by Crippen LogP contribution is 1.91. The highest BCUT2D eigenvalue weighted by Gasteiger charge is 1.96. The summed E-state index contributed by atoms with van der Waals surface area (Å²) in [5, 5.41) is 6.23. The Morgan fingerprint density at radius 1 is 1.50 bits per heavy atom. The Morgan fingerprint density at radius 3 is 2.88 bits per heavy atom. The van der Waals surface area contributed by atoms with Crippen LogP contribution in [0, 0.1) is 0 Å². The summed E-state index contributed by atoms with van der Waals surface area (Å²) >= 11 is 0. The molecule has 1 aromatic rings. The number of pyridine rings is 1. The SMILES string of the molecule is C=CCNC(=NC)NCc1ccccn1.I. The first kappa shape index (κ1) is 14.9. The minimum atomic E-state index is 0. The van der Waals surface area contributed by atoms with Gasteiger partial charge in [0.25, 0.3) is 0 Å². The second kappa shape index (κ2) is 9.14. The molecule has 0 aliphatic heterocycles. The van der Waals surface area contributed by atoms with E-state index in [2.05, 4.69) is 27.2 Å². The molecule has 0 atom stereocenters. The molecule has 88 valence electrons. The van der Waals surface area contributed by atoms with Gasteiger partial charge < -0.3 is 10.6 Å². The molecule has 0 bridgehead atoms. The molecule has 1 heterocycles. The van der Waals surface area contributed by atoms with E-state index in [0.717, 1.165) is 11.7 Å². The zero-order valence-electron chi connectivity index (χ0n) is 9.31. The second-order valence-corrected chi connectivity index (χ2v) is 2.92. The summed E-state index contributed by atoms with van der Waals surface area (Å²) < 4.78 is 0. The van der Waals surface area contributed by atoms with Crippen molar-refractivity contribution in [2.24, 2.45) is 4.99 Å². The van der Waals surface area contributed by atoms with E-state index < -0.39 is 0 Å². The molecule has 1 rings (SSSR count). The zero-order valence-corrected chi connectivity index (χ0v) is 11.6. The van der Waals surface area contributed by atoms with E-state index in [1.807, 2.05) is 18.2 Å². The van der Waals surface area contributed by atoms with Crippen LogP contribution in [0.5, 0.6) is 0 Å². The highest BCUT2D eigenvalue weighted by atomic mass is 127.